The number of nitrogens with zero attached hydrogens (tertiary/aromatic N) is 2. The van der Waals surface area contributed by atoms with Crippen molar-refractivity contribution in [2.75, 3.05) is 19.5 Å². The topological polar surface area (TPSA) is 44.2 Å². The molecule has 22 heavy (non-hydrogen) atoms. The molecule has 0 aliphatic rings. The van der Waals surface area contributed by atoms with Crippen LogP contribution in [0, 0.1) is 0 Å². The summed E-state index contributed by atoms with van der Waals surface area (Å²) in [5.74, 6) is 2.38. The van der Waals surface area contributed by atoms with E-state index in [-0.39, 0.29) is 0 Å². The van der Waals surface area contributed by atoms with Gasteiger partial charge >= 0.3 is 0 Å². The summed E-state index contributed by atoms with van der Waals surface area (Å²) in [4.78, 5) is 9.69. The molecule has 0 saturated carbocycles. The average Bonchev–Trinajstić information content (AvgIpc) is 3.01. The van der Waals surface area contributed by atoms with E-state index in [0.717, 1.165) is 27.5 Å². The molecule has 0 atom stereocenters. The fraction of sp³-hybridized carbons (Fsp3) is 0.200. The van der Waals surface area contributed by atoms with Gasteiger partial charge in [-0.1, -0.05) is 23.4 Å². The van der Waals surface area contributed by atoms with Crippen LogP contribution in [-0.4, -0.2) is 29.4 Å². The van der Waals surface area contributed by atoms with Crippen LogP contribution in [0.2, 0.25) is 5.15 Å². The molecule has 2 heterocycles. The molecule has 0 unspecified atom stereocenters. The molecule has 1 aromatic carbocycles. The van der Waals surface area contributed by atoms with E-state index in [4.69, 9.17) is 21.1 Å². The highest BCUT2D eigenvalue weighted by molar-refractivity contribution is 7.99. The fourth-order valence-corrected chi connectivity index (χ4v) is 3.65. The van der Waals surface area contributed by atoms with Crippen molar-refractivity contribution in [3.8, 4) is 11.5 Å². The van der Waals surface area contributed by atoms with Gasteiger partial charge in [-0.05, 0) is 35.7 Å². The number of hydrogen-bond acceptors (Lipinski definition) is 6. The summed E-state index contributed by atoms with van der Waals surface area (Å²) in [5, 5.41) is 4.06. The summed E-state index contributed by atoms with van der Waals surface area (Å²) in [7, 11) is 1.64. The molecule has 0 radical (unpaired) electrons. The molecule has 0 saturated heterocycles. The van der Waals surface area contributed by atoms with Gasteiger partial charge in [-0.25, -0.2) is 9.97 Å². The van der Waals surface area contributed by atoms with Gasteiger partial charge in [0.1, 0.15) is 21.5 Å². The summed E-state index contributed by atoms with van der Waals surface area (Å²) >= 11 is 9.23. The van der Waals surface area contributed by atoms with Crippen LogP contribution in [0.3, 0.4) is 0 Å². The maximum absolute atomic E-state index is 6.14. The lowest BCUT2D eigenvalue weighted by atomic mass is 10.3. The summed E-state index contributed by atoms with van der Waals surface area (Å²) in [5.41, 5.74) is 0. The molecule has 0 bridgehead atoms. The zero-order valence-corrected chi connectivity index (χ0v) is 14.2. The van der Waals surface area contributed by atoms with E-state index >= 15 is 0 Å². The predicted octanol–water partition coefficient (Wildman–Crippen LogP) is 4.52. The summed E-state index contributed by atoms with van der Waals surface area (Å²) < 4.78 is 10.8. The first kappa shape index (κ1) is 15.4. The van der Waals surface area contributed by atoms with E-state index in [2.05, 4.69) is 9.97 Å². The van der Waals surface area contributed by atoms with E-state index in [1.165, 1.54) is 11.8 Å². The molecule has 2 aromatic heterocycles. The van der Waals surface area contributed by atoms with Crippen LogP contribution < -0.4 is 9.47 Å². The number of rotatable bonds is 6. The Hall–Kier alpha value is -1.50. The molecule has 114 valence electrons. The maximum Gasteiger partial charge on any atom is 0.190 e. The Morgan fingerprint density at radius 1 is 1.14 bits per heavy atom. The number of methoxy groups -OCH3 is 1. The number of halogens is 1. The lowest BCUT2D eigenvalue weighted by Crippen LogP contribution is -2.01. The van der Waals surface area contributed by atoms with Crippen LogP contribution >= 0.6 is 34.7 Å². The molecule has 0 spiro atoms. The molecule has 3 rings (SSSR count). The van der Waals surface area contributed by atoms with Crippen LogP contribution in [0.1, 0.15) is 0 Å². The average molecular weight is 353 g/mol. The van der Waals surface area contributed by atoms with Crippen molar-refractivity contribution in [1.82, 2.24) is 9.97 Å². The van der Waals surface area contributed by atoms with Crippen LogP contribution in [0.4, 0.5) is 0 Å². The van der Waals surface area contributed by atoms with Gasteiger partial charge in [0, 0.05) is 11.1 Å². The van der Waals surface area contributed by atoms with Gasteiger partial charge in [0.25, 0.3) is 0 Å². The Balaban J connectivity index is 1.53. The standard InChI is InChI=1S/C15H13ClN2O2S2/c1-19-10-2-4-11(5-3-10)20-7-9-22-15-17-13(16)12-6-8-21-14(12)18-15/h2-6,8H,7,9H2,1H3. The lowest BCUT2D eigenvalue weighted by molar-refractivity contribution is 0.342. The van der Waals surface area contributed by atoms with Crippen molar-refractivity contribution >= 4 is 44.9 Å². The summed E-state index contributed by atoms with van der Waals surface area (Å²) in [6.07, 6.45) is 0. The molecule has 0 fully saturated rings. The van der Waals surface area contributed by atoms with E-state index in [0.29, 0.717) is 16.9 Å². The number of ether oxygens (including phenoxy) is 2. The van der Waals surface area contributed by atoms with Crippen molar-refractivity contribution in [1.29, 1.82) is 0 Å². The number of fused-ring (bicyclic) bond motifs is 1. The number of aromatic nitrogens is 2. The van der Waals surface area contributed by atoms with Crippen molar-refractivity contribution in [2.45, 2.75) is 5.16 Å². The third-order valence-corrected chi connectivity index (χ3v) is 4.81. The molecule has 0 aliphatic heterocycles. The summed E-state index contributed by atoms with van der Waals surface area (Å²) in [6, 6.07) is 9.44. The smallest absolute Gasteiger partial charge is 0.190 e. The Bertz CT molecular complexity index is 762. The van der Waals surface area contributed by atoms with Gasteiger partial charge in [0.15, 0.2) is 5.16 Å². The van der Waals surface area contributed by atoms with Crippen LogP contribution in [-0.2, 0) is 0 Å². The highest BCUT2D eigenvalue weighted by atomic mass is 35.5. The number of benzene rings is 1. The van der Waals surface area contributed by atoms with Crippen LogP contribution in [0.5, 0.6) is 11.5 Å². The predicted molar refractivity (Wildman–Crippen MR) is 91.6 cm³/mol. The lowest BCUT2D eigenvalue weighted by Gasteiger charge is -2.06. The van der Waals surface area contributed by atoms with Gasteiger partial charge < -0.3 is 9.47 Å². The maximum atomic E-state index is 6.14. The van der Waals surface area contributed by atoms with Gasteiger partial charge in [-0.3, -0.25) is 0 Å². The number of thioether (sulfide) groups is 1. The van der Waals surface area contributed by atoms with E-state index in [1.54, 1.807) is 18.4 Å². The van der Waals surface area contributed by atoms with Gasteiger partial charge in [-0.2, -0.15) is 0 Å². The Kier molecular flexibility index (Phi) is 5.02. The van der Waals surface area contributed by atoms with Crippen molar-refractivity contribution in [3.63, 3.8) is 0 Å². The minimum absolute atomic E-state index is 0.504. The second-order valence-electron chi connectivity index (χ2n) is 4.31. The molecule has 0 aliphatic carbocycles. The fourth-order valence-electron chi connectivity index (χ4n) is 1.83. The first-order chi connectivity index (χ1) is 10.8. The minimum atomic E-state index is 0.504. The van der Waals surface area contributed by atoms with Crippen LogP contribution in [0.15, 0.2) is 40.9 Å². The summed E-state index contributed by atoms with van der Waals surface area (Å²) in [6.45, 7) is 0.570. The van der Waals surface area contributed by atoms with Gasteiger partial charge in [-0.15, -0.1) is 11.3 Å². The van der Waals surface area contributed by atoms with Gasteiger partial charge in [0.2, 0.25) is 0 Å². The molecular formula is C15H13ClN2O2S2. The normalized spacial score (nSPS) is 10.8. The van der Waals surface area contributed by atoms with E-state index in [1.807, 2.05) is 35.7 Å². The number of hydrogen-bond donors (Lipinski definition) is 0. The SMILES string of the molecule is COc1ccc(OCCSc2nc(Cl)c3ccsc3n2)cc1. The minimum Gasteiger partial charge on any atom is -0.497 e. The first-order valence-electron chi connectivity index (χ1n) is 6.56. The second-order valence-corrected chi connectivity index (χ2v) is 6.62. The second kappa shape index (κ2) is 7.17. The Labute approximate surface area is 141 Å². The zero-order chi connectivity index (χ0) is 15.4. The molecule has 0 amide bonds. The van der Waals surface area contributed by atoms with Gasteiger partial charge in [0.05, 0.1) is 13.7 Å². The Morgan fingerprint density at radius 3 is 2.68 bits per heavy atom. The highest BCUT2D eigenvalue weighted by Gasteiger charge is 2.07. The molecule has 3 aromatic rings. The van der Waals surface area contributed by atoms with Crippen molar-refractivity contribution in [3.05, 3.63) is 40.9 Å². The largest absolute Gasteiger partial charge is 0.497 e. The molecule has 7 heteroatoms. The van der Waals surface area contributed by atoms with Crippen LogP contribution in [0.25, 0.3) is 10.2 Å². The Morgan fingerprint density at radius 2 is 1.91 bits per heavy atom. The van der Waals surface area contributed by atoms with Crippen molar-refractivity contribution in [2.24, 2.45) is 0 Å². The van der Waals surface area contributed by atoms with E-state index < -0.39 is 0 Å². The number of thiophene rings is 1. The third-order valence-electron chi connectivity index (χ3n) is 2.90. The molecular weight excluding hydrogens is 340 g/mol. The quantitative estimate of drug-likeness (QED) is 0.282. The monoisotopic (exact) mass is 352 g/mol. The molecule has 0 N–H and O–H groups in total. The highest BCUT2D eigenvalue weighted by Crippen LogP contribution is 2.27. The van der Waals surface area contributed by atoms with E-state index in [9.17, 15) is 0 Å². The molecule has 4 nitrogen and oxygen atoms in total. The first-order valence-corrected chi connectivity index (χ1v) is 8.81. The zero-order valence-electron chi connectivity index (χ0n) is 11.8. The van der Waals surface area contributed by atoms with Crippen molar-refractivity contribution < 1.29 is 9.47 Å². The third kappa shape index (κ3) is 3.63.